The van der Waals surface area contributed by atoms with E-state index in [1.807, 2.05) is 0 Å². The first-order chi connectivity index (χ1) is 8.78. The molecule has 0 aromatic heterocycles. The van der Waals surface area contributed by atoms with Crippen LogP contribution in [0.1, 0.15) is 19.3 Å². The summed E-state index contributed by atoms with van der Waals surface area (Å²) in [6.07, 6.45) is 1.19. The Kier molecular flexibility index (Phi) is 3.79. The van der Waals surface area contributed by atoms with Crippen molar-refractivity contribution >= 4 is 39.2 Å². The van der Waals surface area contributed by atoms with Gasteiger partial charge in [0.1, 0.15) is 10.4 Å². The Labute approximate surface area is 120 Å². The average molecular weight is 324 g/mol. The molecule has 0 amide bonds. The highest BCUT2D eigenvalue weighted by Gasteiger charge is 2.47. The number of carboxylic acids is 1. The van der Waals surface area contributed by atoms with Crippen LogP contribution in [0.2, 0.25) is 10.0 Å². The highest BCUT2D eigenvalue weighted by Crippen LogP contribution is 2.35. The zero-order valence-electron chi connectivity index (χ0n) is 9.69. The maximum Gasteiger partial charge on any atom is 0.324 e. The van der Waals surface area contributed by atoms with Gasteiger partial charge in [-0.3, -0.25) is 4.79 Å². The van der Waals surface area contributed by atoms with Crippen LogP contribution in [0.3, 0.4) is 0 Å². The standard InChI is InChI=1S/C11H11Cl2NO4S/c12-7-3-1-4-8(9(7)13)19(17,18)14-11(10(15)16)5-2-6-11/h1,3-4,14H,2,5-6H2,(H,15,16). The molecule has 19 heavy (non-hydrogen) atoms. The molecule has 0 aliphatic heterocycles. The Balaban J connectivity index is 2.38. The van der Waals surface area contributed by atoms with Gasteiger partial charge < -0.3 is 5.11 Å². The molecule has 0 heterocycles. The number of halogens is 2. The summed E-state index contributed by atoms with van der Waals surface area (Å²) in [7, 11) is -4.02. The molecule has 8 heteroatoms. The monoisotopic (exact) mass is 323 g/mol. The predicted molar refractivity (Wildman–Crippen MR) is 71.0 cm³/mol. The molecule has 1 aromatic rings. The molecule has 1 aliphatic carbocycles. The normalized spacial score (nSPS) is 17.8. The average Bonchev–Trinajstić information content (AvgIpc) is 2.26. The topological polar surface area (TPSA) is 83.5 Å². The van der Waals surface area contributed by atoms with E-state index in [0.717, 1.165) is 0 Å². The van der Waals surface area contributed by atoms with E-state index in [1.54, 1.807) is 0 Å². The van der Waals surface area contributed by atoms with Gasteiger partial charge in [0.2, 0.25) is 10.0 Å². The largest absolute Gasteiger partial charge is 0.480 e. The highest BCUT2D eigenvalue weighted by molar-refractivity contribution is 7.89. The number of carboxylic acid groups (broad SMARTS) is 1. The molecule has 0 saturated heterocycles. The minimum Gasteiger partial charge on any atom is -0.480 e. The summed E-state index contributed by atoms with van der Waals surface area (Å²) >= 11 is 11.6. The van der Waals surface area contributed by atoms with Gasteiger partial charge in [0.15, 0.2) is 0 Å². The molecule has 0 spiro atoms. The molecular weight excluding hydrogens is 313 g/mol. The predicted octanol–water partition coefficient (Wildman–Crippen LogP) is 2.28. The minimum atomic E-state index is -4.02. The van der Waals surface area contributed by atoms with Crippen LogP contribution in [0.25, 0.3) is 0 Å². The molecular formula is C11H11Cl2NO4S. The Hall–Kier alpha value is -0.820. The van der Waals surface area contributed by atoms with Gasteiger partial charge in [-0.25, -0.2) is 8.42 Å². The SMILES string of the molecule is O=C(O)C1(NS(=O)(=O)c2cccc(Cl)c2Cl)CCC1. The molecule has 2 N–H and O–H groups in total. The van der Waals surface area contributed by atoms with Crippen LogP contribution < -0.4 is 4.72 Å². The summed E-state index contributed by atoms with van der Waals surface area (Å²) in [4.78, 5) is 11.0. The summed E-state index contributed by atoms with van der Waals surface area (Å²) in [6.45, 7) is 0. The minimum absolute atomic E-state index is 0.0996. The van der Waals surface area contributed by atoms with Crippen molar-refractivity contribution in [1.29, 1.82) is 0 Å². The van der Waals surface area contributed by atoms with Crippen LogP contribution in [0, 0.1) is 0 Å². The molecule has 0 atom stereocenters. The quantitative estimate of drug-likeness (QED) is 0.890. The van der Waals surface area contributed by atoms with Gasteiger partial charge in [0, 0.05) is 0 Å². The number of benzene rings is 1. The second-order valence-electron chi connectivity index (χ2n) is 4.40. The lowest BCUT2D eigenvalue weighted by atomic mass is 9.78. The number of sulfonamides is 1. The van der Waals surface area contributed by atoms with Crippen molar-refractivity contribution in [3.05, 3.63) is 28.2 Å². The van der Waals surface area contributed by atoms with Gasteiger partial charge in [-0.05, 0) is 31.4 Å². The van der Waals surface area contributed by atoms with E-state index in [-0.39, 0.29) is 27.8 Å². The van der Waals surface area contributed by atoms with E-state index in [9.17, 15) is 13.2 Å². The van der Waals surface area contributed by atoms with Crippen molar-refractivity contribution in [2.45, 2.75) is 29.7 Å². The maximum atomic E-state index is 12.2. The summed E-state index contributed by atoms with van der Waals surface area (Å²) in [5.41, 5.74) is -1.43. The highest BCUT2D eigenvalue weighted by atomic mass is 35.5. The number of aliphatic carboxylic acids is 1. The Morgan fingerprint density at radius 1 is 1.32 bits per heavy atom. The van der Waals surface area contributed by atoms with Crippen LogP contribution in [-0.4, -0.2) is 25.0 Å². The number of hydrogen-bond donors (Lipinski definition) is 2. The van der Waals surface area contributed by atoms with Gasteiger partial charge in [-0.2, -0.15) is 4.72 Å². The summed E-state index contributed by atoms with van der Waals surface area (Å²) in [6, 6.07) is 4.18. The zero-order valence-corrected chi connectivity index (χ0v) is 12.0. The first kappa shape index (κ1) is 14.6. The van der Waals surface area contributed by atoms with Crippen molar-refractivity contribution in [1.82, 2.24) is 4.72 Å². The fraction of sp³-hybridized carbons (Fsp3) is 0.364. The molecule has 104 valence electrons. The lowest BCUT2D eigenvalue weighted by Gasteiger charge is -2.37. The molecule has 0 bridgehead atoms. The number of nitrogens with one attached hydrogen (secondary N) is 1. The Morgan fingerprint density at radius 2 is 1.95 bits per heavy atom. The third-order valence-corrected chi connectivity index (χ3v) is 5.66. The fourth-order valence-corrected chi connectivity index (χ4v) is 4.07. The van der Waals surface area contributed by atoms with Crippen LogP contribution in [0.15, 0.2) is 23.1 Å². The summed E-state index contributed by atoms with van der Waals surface area (Å²) in [5, 5.41) is 9.12. The maximum absolute atomic E-state index is 12.2. The second-order valence-corrected chi connectivity index (χ2v) is 6.83. The van der Waals surface area contributed by atoms with Gasteiger partial charge in [0.25, 0.3) is 0 Å². The van der Waals surface area contributed by atoms with Crippen molar-refractivity contribution < 1.29 is 18.3 Å². The van der Waals surface area contributed by atoms with Gasteiger partial charge >= 0.3 is 5.97 Å². The molecule has 1 aromatic carbocycles. The third-order valence-electron chi connectivity index (χ3n) is 3.15. The van der Waals surface area contributed by atoms with E-state index in [0.29, 0.717) is 6.42 Å². The van der Waals surface area contributed by atoms with Crippen LogP contribution in [-0.2, 0) is 14.8 Å². The van der Waals surface area contributed by atoms with Crippen LogP contribution in [0.4, 0.5) is 0 Å². The number of hydrogen-bond acceptors (Lipinski definition) is 3. The van der Waals surface area contributed by atoms with Crippen molar-refractivity contribution in [2.75, 3.05) is 0 Å². The van der Waals surface area contributed by atoms with Crippen molar-refractivity contribution in [3.63, 3.8) is 0 Å². The Morgan fingerprint density at radius 3 is 2.42 bits per heavy atom. The summed E-state index contributed by atoms with van der Waals surface area (Å²) in [5.74, 6) is -1.18. The lowest BCUT2D eigenvalue weighted by Crippen LogP contribution is -2.58. The van der Waals surface area contributed by atoms with Gasteiger partial charge in [-0.15, -0.1) is 0 Å². The molecule has 2 rings (SSSR count). The van der Waals surface area contributed by atoms with E-state index in [4.69, 9.17) is 28.3 Å². The number of carbonyl (C=O) groups is 1. The number of rotatable bonds is 4. The van der Waals surface area contributed by atoms with E-state index < -0.39 is 21.5 Å². The Bertz CT molecular complexity index is 626. The van der Waals surface area contributed by atoms with E-state index in [2.05, 4.69) is 4.72 Å². The first-order valence-electron chi connectivity index (χ1n) is 5.50. The van der Waals surface area contributed by atoms with Crippen LogP contribution in [0.5, 0.6) is 0 Å². The van der Waals surface area contributed by atoms with E-state index >= 15 is 0 Å². The first-order valence-corrected chi connectivity index (χ1v) is 7.74. The molecule has 1 aliphatic rings. The smallest absolute Gasteiger partial charge is 0.324 e. The molecule has 0 radical (unpaired) electrons. The third kappa shape index (κ3) is 2.58. The van der Waals surface area contributed by atoms with Crippen LogP contribution >= 0.6 is 23.2 Å². The van der Waals surface area contributed by atoms with Gasteiger partial charge in [0.05, 0.1) is 10.0 Å². The van der Waals surface area contributed by atoms with E-state index in [1.165, 1.54) is 18.2 Å². The van der Waals surface area contributed by atoms with Crippen molar-refractivity contribution in [2.24, 2.45) is 0 Å². The zero-order chi connectivity index (χ0) is 14.3. The second kappa shape index (κ2) is 4.94. The molecule has 1 fully saturated rings. The molecule has 0 unspecified atom stereocenters. The molecule has 5 nitrogen and oxygen atoms in total. The fourth-order valence-electron chi connectivity index (χ4n) is 1.89. The lowest BCUT2D eigenvalue weighted by molar-refractivity contribution is -0.147. The van der Waals surface area contributed by atoms with Crippen molar-refractivity contribution in [3.8, 4) is 0 Å². The summed E-state index contributed by atoms with van der Waals surface area (Å²) < 4.78 is 26.6. The van der Waals surface area contributed by atoms with Gasteiger partial charge in [-0.1, -0.05) is 29.3 Å². The molecule has 1 saturated carbocycles.